The molecule has 0 atom stereocenters. The lowest BCUT2D eigenvalue weighted by atomic mass is 9.95. The Kier molecular flexibility index (Phi) is 8.39. The molecule has 1 saturated heterocycles. The van der Waals surface area contributed by atoms with E-state index in [1.54, 1.807) is 17.9 Å². The van der Waals surface area contributed by atoms with Gasteiger partial charge in [-0.2, -0.15) is 5.10 Å². The summed E-state index contributed by atoms with van der Waals surface area (Å²) >= 11 is 0. The molecular formula is C23H33FN4O2. The van der Waals surface area contributed by atoms with Gasteiger partial charge >= 0.3 is 0 Å². The first-order valence-electron chi connectivity index (χ1n) is 10.7. The monoisotopic (exact) mass is 416 g/mol. The normalized spacial score (nSPS) is 15.4. The summed E-state index contributed by atoms with van der Waals surface area (Å²) in [4.78, 5) is 17.1. The molecule has 0 saturated carbocycles. The van der Waals surface area contributed by atoms with E-state index in [9.17, 15) is 9.18 Å². The van der Waals surface area contributed by atoms with Gasteiger partial charge in [-0.05, 0) is 49.9 Å². The highest BCUT2D eigenvalue weighted by molar-refractivity contribution is 5.76. The molecule has 7 heteroatoms. The Hall–Kier alpha value is -2.25. The van der Waals surface area contributed by atoms with E-state index in [4.69, 9.17) is 4.74 Å². The number of benzene rings is 1. The molecule has 0 aliphatic carbocycles. The predicted molar refractivity (Wildman–Crippen MR) is 114 cm³/mol. The molecule has 2 aromatic rings. The number of carbonyl (C=O) groups excluding carboxylic acids is 1. The SMILES string of the molecule is COCCN(CC1CCN(Cc2ccccc2F)CC1)C(=O)CCc1cnn(C)c1. The number of piperidine rings is 1. The average molecular weight is 417 g/mol. The van der Waals surface area contributed by atoms with E-state index in [2.05, 4.69) is 10.00 Å². The first kappa shape index (κ1) is 22.4. The van der Waals surface area contributed by atoms with Crippen LogP contribution in [0.15, 0.2) is 36.7 Å². The zero-order valence-electron chi connectivity index (χ0n) is 18.1. The van der Waals surface area contributed by atoms with Crippen LogP contribution in [0.25, 0.3) is 0 Å². The molecule has 1 aromatic carbocycles. The molecule has 164 valence electrons. The molecule has 2 heterocycles. The second-order valence-corrected chi connectivity index (χ2v) is 8.17. The number of methoxy groups -OCH3 is 1. The Balaban J connectivity index is 1.47. The molecule has 1 fully saturated rings. The van der Waals surface area contributed by atoms with Gasteiger partial charge in [-0.15, -0.1) is 0 Å². The van der Waals surface area contributed by atoms with E-state index in [0.29, 0.717) is 38.5 Å². The lowest BCUT2D eigenvalue weighted by Crippen LogP contribution is -2.42. The smallest absolute Gasteiger partial charge is 0.222 e. The highest BCUT2D eigenvalue weighted by Gasteiger charge is 2.24. The Labute approximate surface area is 178 Å². The van der Waals surface area contributed by atoms with Crippen LogP contribution in [0.1, 0.15) is 30.4 Å². The average Bonchev–Trinajstić information content (AvgIpc) is 3.17. The van der Waals surface area contributed by atoms with Crippen LogP contribution in [0.5, 0.6) is 0 Å². The van der Waals surface area contributed by atoms with E-state index in [-0.39, 0.29) is 11.7 Å². The lowest BCUT2D eigenvalue weighted by molar-refractivity contribution is -0.132. The van der Waals surface area contributed by atoms with Crippen molar-refractivity contribution >= 4 is 5.91 Å². The van der Waals surface area contributed by atoms with Gasteiger partial charge in [-0.1, -0.05) is 18.2 Å². The third kappa shape index (κ3) is 6.64. The van der Waals surface area contributed by atoms with Gasteiger partial charge in [0.25, 0.3) is 0 Å². The van der Waals surface area contributed by atoms with Crippen LogP contribution in [0, 0.1) is 11.7 Å². The molecule has 1 aliphatic heterocycles. The van der Waals surface area contributed by atoms with Crippen LogP contribution < -0.4 is 0 Å². The quantitative estimate of drug-likeness (QED) is 0.598. The van der Waals surface area contributed by atoms with Crippen molar-refractivity contribution in [1.82, 2.24) is 19.6 Å². The fraction of sp³-hybridized carbons (Fsp3) is 0.565. The number of rotatable bonds is 10. The van der Waals surface area contributed by atoms with Crippen molar-refractivity contribution in [2.45, 2.75) is 32.2 Å². The molecule has 0 N–H and O–H groups in total. The van der Waals surface area contributed by atoms with E-state index < -0.39 is 0 Å². The number of carbonyl (C=O) groups is 1. The minimum Gasteiger partial charge on any atom is -0.383 e. The van der Waals surface area contributed by atoms with Gasteiger partial charge in [0, 0.05) is 52.0 Å². The van der Waals surface area contributed by atoms with E-state index in [1.165, 1.54) is 6.07 Å². The lowest BCUT2D eigenvalue weighted by Gasteiger charge is -2.35. The maximum absolute atomic E-state index is 13.9. The van der Waals surface area contributed by atoms with Gasteiger partial charge in [0.2, 0.25) is 5.91 Å². The fourth-order valence-electron chi connectivity index (χ4n) is 4.04. The standard InChI is InChI=1S/C23H33FN4O2/c1-26-16-20(15-25-26)7-8-23(29)28(13-14-30-2)17-19-9-11-27(12-10-19)18-21-5-3-4-6-22(21)24/h3-6,15-16,19H,7-14,17-18H2,1-2H3. The highest BCUT2D eigenvalue weighted by atomic mass is 19.1. The van der Waals surface area contributed by atoms with Crippen molar-refractivity contribution in [3.63, 3.8) is 0 Å². The number of hydrogen-bond donors (Lipinski definition) is 0. The number of ether oxygens (including phenoxy) is 1. The second kappa shape index (κ2) is 11.2. The molecule has 1 amide bonds. The first-order valence-corrected chi connectivity index (χ1v) is 10.7. The molecule has 1 aromatic heterocycles. The van der Waals surface area contributed by atoms with Crippen molar-refractivity contribution in [3.05, 3.63) is 53.6 Å². The number of hydrogen-bond acceptors (Lipinski definition) is 4. The van der Waals surface area contributed by atoms with Gasteiger partial charge in [0.15, 0.2) is 0 Å². The van der Waals surface area contributed by atoms with Crippen LogP contribution in [-0.4, -0.2) is 65.4 Å². The van der Waals surface area contributed by atoms with E-state index in [0.717, 1.165) is 43.6 Å². The molecular weight excluding hydrogens is 383 g/mol. The van der Waals surface area contributed by atoms with Gasteiger partial charge in [-0.3, -0.25) is 14.4 Å². The summed E-state index contributed by atoms with van der Waals surface area (Å²) in [5.41, 5.74) is 1.84. The van der Waals surface area contributed by atoms with Crippen LogP contribution in [0.2, 0.25) is 0 Å². The summed E-state index contributed by atoms with van der Waals surface area (Å²) in [7, 11) is 3.55. The maximum atomic E-state index is 13.9. The van der Waals surface area contributed by atoms with Crippen LogP contribution in [-0.2, 0) is 29.5 Å². The summed E-state index contributed by atoms with van der Waals surface area (Å²) in [5.74, 6) is 0.510. The van der Waals surface area contributed by atoms with Crippen molar-refractivity contribution in [1.29, 1.82) is 0 Å². The van der Waals surface area contributed by atoms with Crippen molar-refractivity contribution < 1.29 is 13.9 Å². The number of halogens is 1. The summed E-state index contributed by atoms with van der Waals surface area (Å²) in [6, 6.07) is 6.99. The molecule has 0 spiro atoms. The summed E-state index contributed by atoms with van der Waals surface area (Å²) < 4.78 is 20.9. The molecule has 6 nitrogen and oxygen atoms in total. The van der Waals surface area contributed by atoms with Gasteiger partial charge in [0.1, 0.15) is 5.82 Å². The third-order valence-corrected chi connectivity index (χ3v) is 5.84. The van der Waals surface area contributed by atoms with Crippen LogP contribution in [0.4, 0.5) is 4.39 Å². The topological polar surface area (TPSA) is 50.6 Å². The molecule has 0 bridgehead atoms. The minimum atomic E-state index is -0.135. The molecule has 3 rings (SSSR count). The van der Waals surface area contributed by atoms with Gasteiger partial charge < -0.3 is 9.64 Å². The Morgan fingerprint density at radius 2 is 2.07 bits per heavy atom. The Morgan fingerprint density at radius 3 is 2.73 bits per heavy atom. The minimum absolute atomic E-state index is 0.135. The van der Waals surface area contributed by atoms with Crippen LogP contribution in [0.3, 0.4) is 0 Å². The Morgan fingerprint density at radius 1 is 1.30 bits per heavy atom. The largest absolute Gasteiger partial charge is 0.383 e. The van der Waals surface area contributed by atoms with Gasteiger partial charge in [-0.25, -0.2) is 4.39 Å². The zero-order chi connectivity index (χ0) is 21.3. The number of aromatic nitrogens is 2. The molecule has 0 unspecified atom stereocenters. The van der Waals surface area contributed by atoms with Crippen molar-refractivity contribution in [2.24, 2.45) is 13.0 Å². The summed E-state index contributed by atoms with van der Waals surface area (Å²) in [5, 5.41) is 4.17. The molecule has 30 heavy (non-hydrogen) atoms. The van der Waals surface area contributed by atoms with E-state index >= 15 is 0 Å². The summed E-state index contributed by atoms with van der Waals surface area (Å²) in [6.45, 7) is 4.45. The van der Waals surface area contributed by atoms with Crippen molar-refractivity contribution in [3.8, 4) is 0 Å². The predicted octanol–water partition coefficient (Wildman–Crippen LogP) is 2.88. The molecule has 0 radical (unpaired) electrons. The molecule has 1 aliphatic rings. The summed E-state index contributed by atoms with van der Waals surface area (Å²) in [6.07, 6.45) is 7.01. The van der Waals surface area contributed by atoms with E-state index in [1.807, 2.05) is 36.5 Å². The number of aryl methyl sites for hydroxylation is 2. The third-order valence-electron chi connectivity index (χ3n) is 5.84. The maximum Gasteiger partial charge on any atom is 0.222 e. The van der Waals surface area contributed by atoms with Crippen molar-refractivity contribution in [2.75, 3.05) is 39.9 Å². The number of likely N-dealkylation sites (tertiary alicyclic amines) is 1. The Bertz CT molecular complexity index is 802. The zero-order valence-corrected chi connectivity index (χ0v) is 18.1. The first-order chi connectivity index (χ1) is 14.5. The second-order valence-electron chi connectivity index (χ2n) is 8.17. The highest BCUT2D eigenvalue weighted by Crippen LogP contribution is 2.21. The van der Waals surface area contributed by atoms with Crippen LogP contribution >= 0.6 is 0 Å². The van der Waals surface area contributed by atoms with Gasteiger partial charge in [0.05, 0.1) is 12.8 Å². The number of amides is 1. The number of nitrogens with zero attached hydrogens (tertiary/aromatic N) is 4. The fourth-order valence-corrected chi connectivity index (χ4v) is 4.04.